The van der Waals surface area contributed by atoms with Crippen molar-refractivity contribution in [3.8, 4) is 11.5 Å². The summed E-state index contributed by atoms with van der Waals surface area (Å²) in [7, 11) is 0. The summed E-state index contributed by atoms with van der Waals surface area (Å²) in [6.07, 6.45) is 2.46. The molecule has 1 unspecified atom stereocenters. The van der Waals surface area contributed by atoms with Crippen LogP contribution in [-0.2, 0) is 9.59 Å². The van der Waals surface area contributed by atoms with Crippen molar-refractivity contribution in [2.75, 3.05) is 6.61 Å². The van der Waals surface area contributed by atoms with Crippen LogP contribution < -0.4 is 15.6 Å². The molecule has 1 aromatic carbocycles. The van der Waals surface area contributed by atoms with Crippen molar-refractivity contribution in [1.29, 1.82) is 0 Å². The first-order chi connectivity index (χ1) is 10.1. The second kappa shape index (κ2) is 6.51. The Morgan fingerprint density at radius 2 is 2.43 bits per heavy atom. The second-order valence-corrected chi connectivity index (χ2v) is 4.09. The highest BCUT2D eigenvalue weighted by Gasteiger charge is 2.28. The summed E-state index contributed by atoms with van der Waals surface area (Å²) in [5, 5.41) is 17.1. The van der Waals surface area contributed by atoms with Crippen LogP contribution in [0.5, 0.6) is 11.5 Å². The van der Waals surface area contributed by atoms with Gasteiger partial charge in [0.05, 0.1) is 12.8 Å². The molecule has 1 aromatic rings. The molecule has 110 valence electrons. The fourth-order valence-electron chi connectivity index (χ4n) is 1.65. The van der Waals surface area contributed by atoms with Gasteiger partial charge in [0.2, 0.25) is 0 Å². The van der Waals surface area contributed by atoms with Gasteiger partial charge in [-0.15, -0.1) is 0 Å². The van der Waals surface area contributed by atoms with E-state index in [1.807, 2.05) is 0 Å². The minimum absolute atomic E-state index is 0.0717. The molecular formula is C13H14N4O4. The Morgan fingerprint density at radius 3 is 3.10 bits per heavy atom. The summed E-state index contributed by atoms with van der Waals surface area (Å²) in [5.41, 5.74) is 4.74. The molecule has 1 heterocycles. The number of aromatic hydroxyl groups is 1. The average Bonchev–Trinajstić information content (AvgIpc) is 2.89. The number of phenols is 1. The summed E-state index contributed by atoms with van der Waals surface area (Å²) in [6.45, 7) is 2.22. The van der Waals surface area contributed by atoms with E-state index < -0.39 is 17.7 Å². The van der Waals surface area contributed by atoms with Gasteiger partial charge in [0.15, 0.2) is 17.4 Å². The van der Waals surface area contributed by atoms with E-state index in [-0.39, 0.29) is 5.75 Å². The van der Waals surface area contributed by atoms with Crippen LogP contribution >= 0.6 is 0 Å². The van der Waals surface area contributed by atoms with Crippen LogP contribution in [-0.4, -0.2) is 36.0 Å². The largest absolute Gasteiger partial charge is 0.504 e. The highest BCUT2D eigenvalue weighted by atomic mass is 16.5. The van der Waals surface area contributed by atoms with Crippen LogP contribution in [0, 0.1) is 5.92 Å². The van der Waals surface area contributed by atoms with E-state index in [1.54, 1.807) is 25.1 Å². The molecule has 0 radical (unpaired) electrons. The first kappa shape index (κ1) is 14.5. The molecule has 8 nitrogen and oxygen atoms in total. The van der Waals surface area contributed by atoms with E-state index in [0.29, 0.717) is 17.9 Å². The molecule has 1 atom stereocenters. The minimum atomic E-state index is -0.995. The molecule has 0 saturated carbocycles. The molecule has 0 bridgehead atoms. The van der Waals surface area contributed by atoms with E-state index in [1.165, 1.54) is 12.4 Å². The Kier molecular flexibility index (Phi) is 4.50. The van der Waals surface area contributed by atoms with Gasteiger partial charge in [0.1, 0.15) is 0 Å². The number of nitrogens with one attached hydrogen (secondary N) is 2. The molecule has 1 aliphatic rings. The highest BCUT2D eigenvalue weighted by molar-refractivity contribution is 6.15. The van der Waals surface area contributed by atoms with Gasteiger partial charge in [-0.1, -0.05) is 6.07 Å². The lowest BCUT2D eigenvalue weighted by atomic mass is 10.1. The number of hydrogen-bond acceptors (Lipinski definition) is 6. The second-order valence-electron chi connectivity index (χ2n) is 4.09. The molecular weight excluding hydrogens is 276 g/mol. The van der Waals surface area contributed by atoms with Gasteiger partial charge >= 0.3 is 0 Å². The van der Waals surface area contributed by atoms with E-state index in [9.17, 15) is 14.7 Å². The molecule has 2 amide bonds. The maximum absolute atomic E-state index is 11.6. The van der Waals surface area contributed by atoms with Crippen LogP contribution in [0.1, 0.15) is 12.5 Å². The Hall–Kier alpha value is -2.90. The Morgan fingerprint density at radius 1 is 1.62 bits per heavy atom. The van der Waals surface area contributed by atoms with Gasteiger partial charge in [-0.3, -0.25) is 9.59 Å². The van der Waals surface area contributed by atoms with Crippen LogP contribution in [0.25, 0.3) is 0 Å². The zero-order valence-electron chi connectivity index (χ0n) is 11.2. The van der Waals surface area contributed by atoms with Crippen LogP contribution in [0.3, 0.4) is 0 Å². The van der Waals surface area contributed by atoms with Crippen molar-refractivity contribution in [2.45, 2.75) is 6.92 Å². The number of nitrogens with zero attached hydrogens (tertiary/aromatic N) is 2. The molecule has 0 aromatic heterocycles. The number of hydrogen-bond donors (Lipinski definition) is 3. The van der Waals surface area contributed by atoms with Crippen LogP contribution in [0.15, 0.2) is 28.4 Å². The van der Waals surface area contributed by atoms with Gasteiger partial charge in [-0.05, 0) is 19.1 Å². The number of carbonyl (C=O) groups is 2. The SMILES string of the molecule is CCOc1cccc(/C=N/NC(=O)C2C=NNC2=O)c1O. The summed E-state index contributed by atoms with van der Waals surface area (Å²) in [5.74, 6) is -1.85. The standard InChI is InChI=1S/C13H14N4O4/c1-2-21-10-5-3-4-8(11(10)18)6-14-16-12(19)9-7-15-17-13(9)20/h3-7,9,18H,2H2,1H3,(H,16,19)(H,17,20)/b14-6+. The van der Waals surface area contributed by atoms with Crippen molar-refractivity contribution >= 4 is 24.2 Å². The predicted molar refractivity (Wildman–Crippen MR) is 75.1 cm³/mol. The number of amides is 2. The van der Waals surface area contributed by atoms with Crippen LogP contribution in [0.2, 0.25) is 0 Å². The molecule has 1 aliphatic heterocycles. The van der Waals surface area contributed by atoms with Gasteiger partial charge < -0.3 is 9.84 Å². The summed E-state index contributed by atoms with van der Waals surface area (Å²) < 4.78 is 5.23. The third-order valence-electron chi connectivity index (χ3n) is 2.67. The molecule has 0 fully saturated rings. The number of ether oxygens (including phenoxy) is 1. The summed E-state index contributed by atoms with van der Waals surface area (Å²) >= 11 is 0. The fraction of sp³-hybridized carbons (Fsp3) is 0.231. The lowest BCUT2D eigenvalue weighted by Crippen LogP contribution is -2.34. The highest BCUT2D eigenvalue weighted by Crippen LogP contribution is 2.28. The average molecular weight is 290 g/mol. The quantitative estimate of drug-likeness (QED) is 0.401. The first-order valence-corrected chi connectivity index (χ1v) is 6.24. The lowest BCUT2D eigenvalue weighted by molar-refractivity contribution is -0.131. The molecule has 0 aliphatic carbocycles. The number of para-hydroxylation sites is 1. The number of hydrazone groups is 2. The summed E-state index contributed by atoms with van der Waals surface area (Å²) in [4.78, 5) is 22.9. The zero-order valence-corrected chi connectivity index (χ0v) is 11.2. The van der Waals surface area contributed by atoms with E-state index in [2.05, 4.69) is 21.1 Å². The molecule has 0 saturated heterocycles. The number of phenolic OH excluding ortho intramolecular Hbond substituents is 1. The fourth-order valence-corrected chi connectivity index (χ4v) is 1.65. The number of benzene rings is 1. The maximum Gasteiger partial charge on any atom is 0.258 e. The number of carbonyl (C=O) groups excluding carboxylic acids is 2. The summed E-state index contributed by atoms with van der Waals surface area (Å²) in [6, 6.07) is 4.91. The minimum Gasteiger partial charge on any atom is -0.504 e. The lowest BCUT2D eigenvalue weighted by Gasteiger charge is -2.07. The molecule has 21 heavy (non-hydrogen) atoms. The normalized spacial score (nSPS) is 17.0. The molecule has 8 heteroatoms. The van der Waals surface area contributed by atoms with E-state index in [4.69, 9.17) is 4.74 Å². The third kappa shape index (κ3) is 3.35. The first-order valence-electron chi connectivity index (χ1n) is 6.24. The smallest absolute Gasteiger partial charge is 0.258 e. The monoisotopic (exact) mass is 290 g/mol. The van der Waals surface area contributed by atoms with E-state index in [0.717, 1.165) is 0 Å². The molecule has 3 N–H and O–H groups in total. The van der Waals surface area contributed by atoms with Crippen molar-refractivity contribution in [1.82, 2.24) is 10.9 Å². The Balaban J connectivity index is 2.01. The Bertz CT molecular complexity index is 612. The van der Waals surface area contributed by atoms with Crippen molar-refractivity contribution in [2.24, 2.45) is 16.1 Å². The van der Waals surface area contributed by atoms with Gasteiger partial charge in [0, 0.05) is 11.8 Å². The van der Waals surface area contributed by atoms with Crippen LogP contribution in [0.4, 0.5) is 0 Å². The van der Waals surface area contributed by atoms with Crippen molar-refractivity contribution in [3.63, 3.8) is 0 Å². The van der Waals surface area contributed by atoms with Gasteiger partial charge in [-0.25, -0.2) is 10.9 Å². The zero-order chi connectivity index (χ0) is 15.2. The maximum atomic E-state index is 11.6. The van der Waals surface area contributed by atoms with E-state index >= 15 is 0 Å². The molecule has 2 rings (SSSR count). The topological polar surface area (TPSA) is 112 Å². The van der Waals surface area contributed by atoms with Gasteiger partial charge in [-0.2, -0.15) is 10.2 Å². The molecule has 0 spiro atoms. The predicted octanol–water partition coefficient (Wildman–Crippen LogP) is -0.0272. The third-order valence-corrected chi connectivity index (χ3v) is 2.67. The number of rotatable bonds is 5. The van der Waals surface area contributed by atoms with Crippen molar-refractivity contribution in [3.05, 3.63) is 23.8 Å². The Labute approximate surface area is 120 Å². The van der Waals surface area contributed by atoms with Crippen molar-refractivity contribution < 1.29 is 19.4 Å². The van der Waals surface area contributed by atoms with Gasteiger partial charge in [0.25, 0.3) is 11.8 Å².